The van der Waals surface area contributed by atoms with Crippen molar-refractivity contribution in [2.75, 3.05) is 11.9 Å². The number of ketones is 1. The Morgan fingerprint density at radius 1 is 1.43 bits per heavy atom. The first kappa shape index (κ1) is 11.7. The molecular weight excluding hydrogens is 312 g/mol. The molecule has 0 atom stereocenters. The van der Waals surface area contributed by atoms with Crippen LogP contribution in [0.2, 0.25) is 0 Å². The highest BCUT2D eigenvalue weighted by Crippen LogP contribution is 2.22. The lowest BCUT2D eigenvalue weighted by Gasteiger charge is -2.05. The van der Waals surface area contributed by atoms with E-state index in [4.69, 9.17) is 4.74 Å². The molecule has 0 amide bonds. The molecule has 1 aromatic rings. The molecule has 0 unspecified atom stereocenters. The zero-order valence-electron chi connectivity index (χ0n) is 7.72. The van der Waals surface area contributed by atoms with Gasteiger partial charge in [0.05, 0.1) is 11.9 Å². The quantitative estimate of drug-likeness (QED) is 0.627. The van der Waals surface area contributed by atoms with Gasteiger partial charge < -0.3 is 4.74 Å². The van der Waals surface area contributed by atoms with Gasteiger partial charge in [-0.2, -0.15) is 0 Å². The number of Topliss-reactive ketones (excluding diaryl/α,β-unsaturated/α-hetero) is 1. The Labute approximate surface area is 99.9 Å². The highest BCUT2D eigenvalue weighted by Gasteiger charge is 2.06. The van der Waals surface area contributed by atoms with Crippen molar-refractivity contribution in [3.05, 3.63) is 28.2 Å². The Morgan fingerprint density at radius 3 is 2.71 bits per heavy atom. The van der Waals surface area contributed by atoms with E-state index in [1.165, 1.54) is 0 Å². The fourth-order valence-corrected chi connectivity index (χ4v) is 1.85. The molecule has 0 aromatic heterocycles. The summed E-state index contributed by atoms with van der Waals surface area (Å²) in [5, 5.41) is 0.328. The van der Waals surface area contributed by atoms with Crippen LogP contribution in [0.1, 0.15) is 17.3 Å². The van der Waals surface area contributed by atoms with E-state index >= 15 is 0 Å². The second-order valence-electron chi connectivity index (χ2n) is 2.67. The van der Waals surface area contributed by atoms with Gasteiger partial charge in [-0.05, 0) is 25.1 Å². The fourth-order valence-electron chi connectivity index (χ4n) is 1.05. The van der Waals surface area contributed by atoms with Crippen molar-refractivity contribution in [2.45, 2.75) is 6.92 Å². The minimum atomic E-state index is 0.0484. The van der Waals surface area contributed by atoms with Gasteiger partial charge in [0, 0.05) is 10.0 Å². The Morgan fingerprint density at radius 2 is 2.14 bits per heavy atom. The molecule has 1 aromatic carbocycles. The predicted molar refractivity (Wildman–Crippen MR) is 63.4 cm³/mol. The number of carbonyl (C=O) groups is 1. The molecule has 0 heterocycles. The van der Waals surface area contributed by atoms with Gasteiger partial charge in [-0.25, -0.2) is 0 Å². The Kier molecular flexibility index (Phi) is 4.62. The van der Waals surface area contributed by atoms with Crippen molar-refractivity contribution >= 4 is 37.6 Å². The van der Waals surface area contributed by atoms with E-state index in [0.29, 0.717) is 23.2 Å². The molecule has 2 nitrogen and oxygen atoms in total. The summed E-state index contributed by atoms with van der Waals surface area (Å²) in [6.07, 6.45) is 0. The van der Waals surface area contributed by atoms with Crippen LogP contribution >= 0.6 is 31.9 Å². The van der Waals surface area contributed by atoms with Gasteiger partial charge in [-0.1, -0.05) is 31.9 Å². The maximum atomic E-state index is 11.4. The number of benzene rings is 1. The lowest BCUT2D eigenvalue weighted by atomic mass is 10.1. The van der Waals surface area contributed by atoms with Crippen molar-refractivity contribution in [1.29, 1.82) is 0 Å². The van der Waals surface area contributed by atoms with Crippen LogP contribution in [-0.4, -0.2) is 17.7 Å². The molecule has 0 aliphatic rings. The summed E-state index contributed by atoms with van der Waals surface area (Å²) < 4.78 is 6.18. The SMILES string of the molecule is CCOc1cc(Br)cc(C(=O)CBr)c1. The van der Waals surface area contributed by atoms with Crippen LogP contribution in [0.4, 0.5) is 0 Å². The maximum Gasteiger partial charge on any atom is 0.173 e. The smallest absolute Gasteiger partial charge is 0.173 e. The second kappa shape index (κ2) is 5.51. The molecular formula is C10H10Br2O2. The first-order valence-electron chi connectivity index (χ1n) is 4.20. The largest absolute Gasteiger partial charge is 0.494 e. The molecule has 0 saturated heterocycles. The van der Waals surface area contributed by atoms with Gasteiger partial charge >= 0.3 is 0 Å². The van der Waals surface area contributed by atoms with E-state index in [1.807, 2.05) is 13.0 Å². The van der Waals surface area contributed by atoms with Crippen LogP contribution in [0.25, 0.3) is 0 Å². The summed E-state index contributed by atoms with van der Waals surface area (Å²) in [6, 6.07) is 5.37. The van der Waals surface area contributed by atoms with Crippen LogP contribution in [0.5, 0.6) is 5.75 Å². The molecule has 0 fully saturated rings. The molecule has 0 aliphatic heterocycles. The van der Waals surface area contributed by atoms with Gasteiger partial charge in [0.1, 0.15) is 5.75 Å². The minimum absolute atomic E-state index is 0.0484. The maximum absolute atomic E-state index is 11.4. The third-order valence-corrected chi connectivity index (χ3v) is 2.59. The normalized spacial score (nSPS) is 9.93. The van der Waals surface area contributed by atoms with Gasteiger partial charge in [0.25, 0.3) is 0 Å². The predicted octanol–water partition coefficient (Wildman–Crippen LogP) is 3.43. The van der Waals surface area contributed by atoms with Crippen LogP contribution < -0.4 is 4.74 Å². The molecule has 0 N–H and O–H groups in total. The first-order chi connectivity index (χ1) is 6.67. The molecule has 0 bridgehead atoms. The number of carbonyl (C=O) groups excluding carboxylic acids is 1. The number of hydrogen-bond acceptors (Lipinski definition) is 2. The van der Waals surface area contributed by atoms with E-state index in [0.717, 1.165) is 4.47 Å². The molecule has 0 saturated carbocycles. The van der Waals surface area contributed by atoms with Crippen molar-refractivity contribution < 1.29 is 9.53 Å². The number of ether oxygens (including phenoxy) is 1. The molecule has 14 heavy (non-hydrogen) atoms. The summed E-state index contributed by atoms with van der Waals surface area (Å²) in [5.41, 5.74) is 0.653. The van der Waals surface area contributed by atoms with E-state index in [1.54, 1.807) is 12.1 Å². The summed E-state index contributed by atoms with van der Waals surface area (Å²) in [5.74, 6) is 0.762. The van der Waals surface area contributed by atoms with E-state index in [2.05, 4.69) is 31.9 Å². The summed E-state index contributed by atoms with van der Waals surface area (Å²) in [6.45, 7) is 2.51. The monoisotopic (exact) mass is 320 g/mol. The average molecular weight is 322 g/mol. The summed E-state index contributed by atoms with van der Waals surface area (Å²) in [7, 11) is 0. The summed E-state index contributed by atoms with van der Waals surface area (Å²) >= 11 is 6.47. The Hall–Kier alpha value is -0.350. The molecule has 76 valence electrons. The van der Waals surface area contributed by atoms with Crippen LogP contribution in [0.3, 0.4) is 0 Å². The third kappa shape index (κ3) is 3.10. The van der Waals surface area contributed by atoms with Crippen molar-refractivity contribution in [3.63, 3.8) is 0 Å². The van der Waals surface area contributed by atoms with Crippen LogP contribution in [0.15, 0.2) is 22.7 Å². The van der Waals surface area contributed by atoms with E-state index < -0.39 is 0 Å². The van der Waals surface area contributed by atoms with Gasteiger partial charge in [0.2, 0.25) is 0 Å². The summed E-state index contributed by atoms with van der Waals surface area (Å²) in [4.78, 5) is 11.4. The second-order valence-corrected chi connectivity index (χ2v) is 4.14. The van der Waals surface area contributed by atoms with Gasteiger partial charge in [-0.3, -0.25) is 4.79 Å². The zero-order valence-corrected chi connectivity index (χ0v) is 10.9. The van der Waals surface area contributed by atoms with Crippen molar-refractivity contribution in [2.24, 2.45) is 0 Å². The van der Waals surface area contributed by atoms with Gasteiger partial charge in [0.15, 0.2) is 5.78 Å². The molecule has 4 heteroatoms. The number of alkyl halides is 1. The molecule has 1 rings (SSSR count). The number of halogens is 2. The highest BCUT2D eigenvalue weighted by atomic mass is 79.9. The Bertz CT molecular complexity index is 337. The standard InChI is InChI=1S/C10H10Br2O2/c1-2-14-9-4-7(10(13)6-11)3-8(12)5-9/h3-5H,2,6H2,1H3. The first-order valence-corrected chi connectivity index (χ1v) is 6.11. The van der Waals surface area contributed by atoms with Crippen molar-refractivity contribution in [1.82, 2.24) is 0 Å². The third-order valence-electron chi connectivity index (χ3n) is 1.63. The van der Waals surface area contributed by atoms with Crippen LogP contribution in [0, 0.1) is 0 Å². The molecule has 0 spiro atoms. The van der Waals surface area contributed by atoms with E-state index in [9.17, 15) is 4.79 Å². The minimum Gasteiger partial charge on any atom is -0.494 e. The van der Waals surface area contributed by atoms with E-state index in [-0.39, 0.29) is 5.78 Å². The lowest BCUT2D eigenvalue weighted by molar-refractivity contribution is 0.102. The average Bonchev–Trinajstić information content (AvgIpc) is 2.16. The zero-order chi connectivity index (χ0) is 10.6. The number of rotatable bonds is 4. The van der Waals surface area contributed by atoms with Crippen molar-refractivity contribution in [3.8, 4) is 5.75 Å². The number of hydrogen-bond donors (Lipinski definition) is 0. The highest BCUT2D eigenvalue weighted by molar-refractivity contribution is 9.10. The Balaban J connectivity index is 3.00. The molecule has 0 radical (unpaired) electrons. The van der Waals surface area contributed by atoms with Crippen LogP contribution in [-0.2, 0) is 0 Å². The molecule has 0 aliphatic carbocycles. The fraction of sp³-hybridized carbons (Fsp3) is 0.300. The lowest BCUT2D eigenvalue weighted by Crippen LogP contribution is -2.01. The van der Waals surface area contributed by atoms with Gasteiger partial charge in [-0.15, -0.1) is 0 Å². The topological polar surface area (TPSA) is 26.3 Å².